The second-order valence-electron chi connectivity index (χ2n) is 2.63. The van der Waals surface area contributed by atoms with E-state index in [4.69, 9.17) is 11.6 Å². The molecule has 0 aliphatic heterocycles. The molecule has 72 valence electrons. The summed E-state index contributed by atoms with van der Waals surface area (Å²) in [6.07, 6.45) is 0. The summed E-state index contributed by atoms with van der Waals surface area (Å²) in [6, 6.07) is 7.86. The summed E-state index contributed by atoms with van der Waals surface area (Å²) in [5.74, 6) is 0. The van der Waals surface area contributed by atoms with Crippen molar-refractivity contribution in [2.75, 3.05) is 5.33 Å². The Morgan fingerprint density at radius 2 is 2.00 bits per heavy atom. The number of alkyl halides is 3. The first-order valence-electron chi connectivity index (χ1n) is 3.74. The van der Waals surface area contributed by atoms with Crippen molar-refractivity contribution in [1.29, 1.82) is 0 Å². The van der Waals surface area contributed by atoms with Crippen molar-refractivity contribution in [1.82, 2.24) is 0 Å². The highest BCUT2D eigenvalue weighted by Crippen LogP contribution is 2.33. The maximum atomic E-state index is 5.89. The first kappa shape index (κ1) is 12.0. The average molecular weight is 391 g/mol. The first-order valence-corrected chi connectivity index (χ1v) is 7.08. The minimum Gasteiger partial charge on any atom is -0.0915 e. The molecule has 4 heteroatoms. The second-order valence-corrected chi connectivity index (χ2v) is 5.87. The Balaban J connectivity index is 2.82. The van der Waals surface area contributed by atoms with E-state index in [1.54, 1.807) is 0 Å². The predicted molar refractivity (Wildman–Crippen MR) is 69.6 cm³/mol. The molecule has 0 aliphatic rings. The summed E-state index contributed by atoms with van der Waals surface area (Å²) in [5, 5.41) is 1.67. The molecule has 13 heavy (non-hydrogen) atoms. The Morgan fingerprint density at radius 1 is 1.31 bits per heavy atom. The van der Waals surface area contributed by atoms with E-state index in [0.29, 0.717) is 4.83 Å². The Morgan fingerprint density at radius 3 is 2.54 bits per heavy atom. The third kappa shape index (κ3) is 3.54. The lowest BCUT2D eigenvalue weighted by Crippen LogP contribution is -2.07. The van der Waals surface area contributed by atoms with Crippen LogP contribution in [0.4, 0.5) is 0 Å². The Labute approximate surface area is 108 Å². The molecule has 1 aromatic carbocycles. The zero-order valence-corrected chi connectivity index (χ0v) is 12.2. The molecule has 0 N–H and O–H groups in total. The van der Waals surface area contributed by atoms with Gasteiger partial charge < -0.3 is 0 Å². The molecule has 1 rings (SSSR count). The van der Waals surface area contributed by atoms with Crippen LogP contribution in [0.25, 0.3) is 0 Å². The van der Waals surface area contributed by atoms with Crippen molar-refractivity contribution in [2.45, 2.75) is 9.65 Å². The lowest BCUT2D eigenvalue weighted by Gasteiger charge is -2.14. The van der Waals surface area contributed by atoms with E-state index < -0.39 is 0 Å². The van der Waals surface area contributed by atoms with Gasteiger partial charge in [-0.3, -0.25) is 0 Å². The topological polar surface area (TPSA) is 0 Å². The van der Waals surface area contributed by atoms with Crippen molar-refractivity contribution in [2.24, 2.45) is 0 Å². The summed E-state index contributed by atoms with van der Waals surface area (Å²) in [5.41, 5.74) is 1.19. The molecule has 0 spiro atoms. The third-order valence-electron chi connectivity index (χ3n) is 1.63. The molecule has 0 saturated heterocycles. The zero-order valence-electron chi connectivity index (χ0n) is 6.68. The lowest BCUT2D eigenvalue weighted by molar-refractivity contribution is 0.965. The van der Waals surface area contributed by atoms with Gasteiger partial charge in [-0.1, -0.05) is 71.5 Å². The van der Waals surface area contributed by atoms with Crippen molar-refractivity contribution < 1.29 is 0 Å². The fourth-order valence-electron chi connectivity index (χ4n) is 0.965. The van der Waals surface area contributed by atoms with Crippen LogP contribution in [0, 0.1) is 0 Å². The monoisotopic (exact) mass is 388 g/mol. The van der Waals surface area contributed by atoms with Gasteiger partial charge in [-0.25, -0.2) is 0 Å². The highest BCUT2D eigenvalue weighted by Gasteiger charge is 2.16. The maximum Gasteiger partial charge on any atom is 0.0528 e. The molecule has 0 fully saturated rings. The highest BCUT2D eigenvalue weighted by molar-refractivity contribution is 9.13. The van der Waals surface area contributed by atoms with Crippen molar-refractivity contribution in [3.63, 3.8) is 0 Å². The van der Waals surface area contributed by atoms with Gasteiger partial charge in [0.1, 0.15) is 0 Å². The second kappa shape index (κ2) is 5.74. The summed E-state index contributed by atoms with van der Waals surface area (Å²) in [4.78, 5) is 0.650. The number of hydrogen-bond donors (Lipinski definition) is 0. The number of hydrogen-bond acceptors (Lipinski definition) is 0. The van der Waals surface area contributed by atoms with E-state index in [-0.39, 0.29) is 4.83 Å². The van der Waals surface area contributed by atoms with E-state index in [1.165, 1.54) is 5.56 Å². The van der Waals surface area contributed by atoms with Gasteiger partial charge in [-0.05, 0) is 17.7 Å². The van der Waals surface area contributed by atoms with Gasteiger partial charge in [0.15, 0.2) is 0 Å². The Kier molecular flexibility index (Phi) is 5.31. The summed E-state index contributed by atoms with van der Waals surface area (Å²) in [7, 11) is 0. The van der Waals surface area contributed by atoms with Gasteiger partial charge in [0.25, 0.3) is 0 Å². The molecule has 0 amide bonds. The molecule has 2 unspecified atom stereocenters. The van der Waals surface area contributed by atoms with E-state index >= 15 is 0 Å². The maximum absolute atomic E-state index is 5.89. The van der Waals surface area contributed by atoms with E-state index in [0.717, 1.165) is 10.4 Å². The van der Waals surface area contributed by atoms with Crippen LogP contribution in [0.3, 0.4) is 0 Å². The molecular formula is C9H8Br3Cl. The number of halogens is 4. The summed E-state index contributed by atoms with van der Waals surface area (Å²) >= 11 is 16.5. The first-order chi connectivity index (χ1) is 6.15. The normalized spacial score (nSPS) is 15.4. The molecule has 0 heterocycles. The van der Waals surface area contributed by atoms with Crippen molar-refractivity contribution >= 4 is 59.4 Å². The van der Waals surface area contributed by atoms with Crippen molar-refractivity contribution in [3.05, 3.63) is 34.9 Å². The SMILES string of the molecule is Clc1cccc(C(Br)C(Br)CBr)c1. The van der Waals surface area contributed by atoms with Crippen LogP contribution in [-0.4, -0.2) is 10.2 Å². The standard InChI is InChI=1S/C9H8Br3Cl/c10-5-8(11)9(12)6-2-1-3-7(13)4-6/h1-4,8-9H,5H2. The average Bonchev–Trinajstić information content (AvgIpc) is 2.15. The predicted octanol–water partition coefficient (Wildman–Crippen LogP) is 4.93. The van der Waals surface area contributed by atoms with Crippen LogP contribution in [-0.2, 0) is 0 Å². The van der Waals surface area contributed by atoms with Crippen LogP contribution < -0.4 is 0 Å². The fourth-order valence-corrected chi connectivity index (χ4v) is 2.82. The minimum atomic E-state index is 0.283. The van der Waals surface area contributed by atoms with Gasteiger partial charge in [0, 0.05) is 15.2 Å². The molecule has 1 aromatic rings. The molecule has 0 aliphatic carbocycles. The molecule has 2 atom stereocenters. The summed E-state index contributed by atoms with van der Waals surface area (Å²) in [6.45, 7) is 0. The van der Waals surface area contributed by atoms with Gasteiger partial charge in [-0.2, -0.15) is 0 Å². The van der Waals surface area contributed by atoms with Crippen LogP contribution >= 0.6 is 59.4 Å². The van der Waals surface area contributed by atoms with E-state index in [2.05, 4.69) is 53.9 Å². The van der Waals surface area contributed by atoms with Crippen LogP contribution in [0.5, 0.6) is 0 Å². The zero-order chi connectivity index (χ0) is 9.84. The number of benzene rings is 1. The van der Waals surface area contributed by atoms with E-state index in [9.17, 15) is 0 Å². The van der Waals surface area contributed by atoms with Gasteiger partial charge in [-0.15, -0.1) is 0 Å². The van der Waals surface area contributed by atoms with Crippen LogP contribution in [0.1, 0.15) is 10.4 Å². The lowest BCUT2D eigenvalue weighted by atomic mass is 10.1. The van der Waals surface area contributed by atoms with Crippen molar-refractivity contribution in [3.8, 4) is 0 Å². The molecular weight excluding hydrogens is 383 g/mol. The molecule has 0 aromatic heterocycles. The fraction of sp³-hybridized carbons (Fsp3) is 0.333. The summed E-state index contributed by atoms with van der Waals surface area (Å²) < 4.78 is 0. The van der Waals surface area contributed by atoms with Crippen LogP contribution in [0.2, 0.25) is 5.02 Å². The smallest absolute Gasteiger partial charge is 0.0528 e. The van der Waals surface area contributed by atoms with E-state index in [1.807, 2.05) is 18.2 Å². The third-order valence-corrected chi connectivity index (χ3v) is 6.16. The number of rotatable bonds is 3. The highest BCUT2D eigenvalue weighted by atomic mass is 79.9. The Bertz CT molecular complexity index is 277. The largest absolute Gasteiger partial charge is 0.0915 e. The van der Waals surface area contributed by atoms with Gasteiger partial charge in [0.2, 0.25) is 0 Å². The molecule has 0 bridgehead atoms. The molecule has 0 nitrogen and oxygen atoms in total. The Hall–Kier alpha value is 0.950. The van der Waals surface area contributed by atoms with Gasteiger partial charge >= 0.3 is 0 Å². The van der Waals surface area contributed by atoms with Crippen LogP contribution in [0.15, 0.2) is 24.3 Å². The van der Waals surface area contributed by atoms with Gasteiger partial charge in [0.05, 0.1) is 4.83 Å². The molecule has 0 radical (unpaired) electrons. The minimum absolute atomic E-state index is 0.283. The molecule has 0 saturated carbocycles. The quantitative estimate of drug-likeness (QED) is 0.641.